The zero-order valence-corrected chi connectivity index (χ0v) is 21.3. The van der Waals surface area contributed by atoms with Crippen LogP contribution in [0.25, 0.3) is 0 Å². The molecule has 3 N–H and O–H groups in total. The van der Waals surface area contributed by atoms with Gasteiger partial charge >= 0.3 is 12.2 Å². The number of likely N-dealkylation sites (tertiary alicyclic amines) is 1. The van der Waals surface area contributed by atoms with Crippen LogP contribution in [0.2, 0.25) is 0 Å². The van der Waals surface area contributed by atoms with E-state index in [0.29, 0.717) is 48.6 Å². The Hall–Kier alpha value is -2.27. The predicted molar refractivity (Wildman–Crippen MR) is 129 cm³/mol. The van der Waals surface area contributed by atoms with E-state index in [1.54, 1.807) is 11.0 Å². The number of carbonyl (C=O) groups is 3. The first-order valence-electron chi connectivity index (χ1n) is 12.0. The molecule has 1 aromatic carbocycles. The zero-order valence-electron chi connectivity index (χ0n) is 19.8. The number of nitrogens with two attached hydrogens (primary N) is 1. The largest absolute Gasteiger partial charge is 0.513 e. The summed E-state index contributed by atoms with van der Waals surface area (Å²) in [5.41, 5.74) is -0.998. The van der Waals surface area contributed by atoms with Crippen molar-refractivity contribution < 1.29 is 38.5 Å². The van der Waals surface area contributed by atoms with Gasteiger partial charge in [-0.3, -0.25) is 9.63 Å². The smallest absolute Gasteiger partial charge is 0.504 e. The molecule has 12 heteroatoms. The van der Waals surface area contributed by atoms with Gasteiger partial charge in [0.2, 0.25) is 0 Å². The van der Waals surface area contributed by atoms with Crippen LogP contribution >= 0.6 is 23.2 Å². The molecule has 1 saturated carbocycles. The SMILES string of the molecule is NO[C@@]12CCC(=O)C[C@@]13CCN(C(=O)OCCCCl)[C@@H]2Cc1ccc(OC(=O)OCCCCl)c(O)c13. The molecule has 10 nitrogen and oxygen atoms in total. The number of nitrogens with zero attached hydrogens (tertiary/aromatic N) is 1. The molecule has 1 heterocycles. The number of piperidine rings is 1. The lowest BCUT2D eigenvalue weighted by Crippen LogP contribution is -2.75. The lowest BCUT2D eigenvalue weighted by molar-refractivity contribution is -0.197. The van der Waals surface area contributed by atoms with Crippen molar-refractivity contribution in [1.29, 1.82) is 0 Å². The van der Waals surface area contributed by atoms with Gasteiger partial charge in [-0.1, -0.05) is 6.07 Å². The van der Waals surface area contributed by atoms with Crippen LogP contribution in [0.1, 0.15) is 49.7 Å². The summed E-state index contributed by atoms with van der Waals surface area (Å²) in [7, 11) is 0. The number of ketones is 1. The molecule has 2 bridgehead atoms. The lowest BCUT2D eigenvalue weighted by atomic mass is 9.49. The van der Waals surface area contributed by atoms with Gasteiger partial charge in [0.1, 0.15) is 11.4 Å². The van der Waals surface area contributed by atoms with E-state index in [9.17, 15) is 19.5 Å². The summed E-state index contributed by atoms with van der Waals surface area (Å²) in [6, 6.07) is 2.66. The summed E-state index contributed by atoms with van der Waals surface area (Å²) in [5.74, 6) is 6.29. The van der Waals surface area contributed by atoms with Crippen molar-refractivity contribution in [2.45, 2.75) is 62.0 Å². The minimum absolute atomic E-state index is 0.00128. The monoisotopic (exact) mass is 544 g/mol. The first kappa shape index (κ1) is 26.8. The van der Waals surface area contributed by atoms with Gasteiger partial charge in [-0.15, -0.1) is 23.2 Å². The topological polar surface area (TPSA) is 138 Å². The standard InChI is InChI=1S/C24H30Cl2N2O8/c25-8-1-11-33-21(31)28-10-7-23-14-16(29)5-6-24(23,36-27)18(28)13-15-3-4-17(20(30)19(15)23)35-22(32)34-12-2-9-26/h3-4,18,30H,1-2,5-14,27H2/t18-,23-,24-/m1/s1. The van der Waals surface area contributed by atoms with Gasteiger partial charge < -0.3 is 24.2 Å². The van der Waals surface area contributed by atoms with Crippen LogP contribution in [0, 0.1) is 0 Å². The number of halogens is 2. The Morgan fingerprint density at radius 3 is 2.56 bits per heavy atom. The third-order valence-electron chi connectivity index (χ3n) is 7.54. The Bertz CT molecular complexity index is 1020. The van der Waals surface area contributed by atoms with E-state index in [4.69, 9.17) is 48.1 Å². The number of ether oxygens (including phenoxy) is 3. The number of hydrogen-bond donors (Lipinski definition) is 2. The second kappa shape index (κ2) is 11.0. The van der Waals surface area contributed by atoms with Gasteiger partial charge in [-0.25, -0.2) is 15.5 Å². The van der Waals surface area contributed by atoms with E-state index in [-0.39, 0.29) is 56.3 Å². The summed E-state index contributed by atoms with van der Waals surface area (Å²) < 4.78 is 15.7. The van der Waals surface area contributed by atoms with E-state index in [2.05, 4.69) is 0 Å². The molecule has 0 aromatic heterocycles. The molecule has 1 aromatic rings. The van der Waals surface area contributed by atoms with Gasteiger partial charge in [0.15, 0.2) is 11.5 Å². The quantitative estimate of drug-likeness (QED) is 0.165. The number of phenols is 1. The van der Waals surface area contributed by atoms with Crippen molar-refractivity contribution >= 4 is 41.2 Å². The third-order valence-corrected chi connectivity index (χ3v) is 8.07. The summed E-state index contributed by atoms with van der Waals surface area (Å²) >= 11 is 11.3. The molecule has 0 radical (unpaired) electrons. The number of aromatic hydroxyl groups is 1. The normalized spacial score (nSPS) is 26.6. The highest BCUT2D eigenvalue weighted by atomic mass is 35.5. The molecule has 198 valence electrons. The average molecular weight is 545 g/mol. The Balaban J connectivity index is 1.73. The summed E-state index contributed by atoms with van der Waals surface area (Å²) in [4.78, 5) is 45.2. The third kappa shape index (κ3) is 4.49. The van der Waals surface area contributed by atoms with Crippen molar-refractivity contribution in [1.82, 2.24) is 4.90 Å². The fourth-order valence-corrected chi connectivity index (χ4v) is 6.27. The van der Waals surface area contributed by atoms with E-state index in [0.717, 1.165) is 0 Å². The van der Waals surface area contributed by atoms with E-state index >= 15 is 0 Å². The number of Topliss-reactive ketones (excluding diaryl/α,β-unsaturated/α-hetero) is 1. The first-order valence-corrected chi connectivity index (χ1v) is 13.1. The number of hydrogen-bond acceptors (Lipinski definition) is 9. The highest BCUT2D eigenvalue weighted by molar-refractivity contribution is 6.18. The molecule has 3 aliphatic rings. The summed E-state index contributed by atoms with van der Waals surface area (Å²) in [5, 5.41) is 11.3. The van der Waals surface area contributed by atoms with Crippen LogP contribution in [0.4, 0.5) is 9.59 Å². The number of carbonyl (C=O) groups excluding carboxylic acids is 3. The molecule has 2 fully saturated rings. The minimum atomic E-state index is -1.14. The maximum atomic E-state index is 13.0. The Morgan fingerprint density at radius 2 is 1.86 bits per heavy atom. The van der Waals surface area contributed by atoms with E-state index < -0.39 is 29.3 Å². The fraction of sp³-hybridized carbons (Fsp3) is 0.625. The van der Waals surface area contributed by atoms with Crippen molar-refractivity contribution in [3.05, 3.63) is 23.3 Å². The molecular formula is C24H30Cl2N2O8. The molecular weight excluding hydrogens is 515 g/mol. The molecule has 1 saturated heterocycles. The van der Waals surface area contributed by atoms with E-state index in [1.807, 2.05) is 0 Å². The van der Waals surface area contributed by atoms with Crippen molar-refractivity contribution in [2.24, 2.45) is 5.90 Å². The molecule has 1 aliphatic heterocycles. The van der Waals surface area contributed by atoms with Crippen LogP contribution in [0.15, 0.2) is 12.1 Å². The number of amides is 1. The number of rotatable bonds is 8. The minimum Gasteiger partial charge on any atom is -0.504 e. The van der Waals surface area contributed by atoms with Crippen LogP contribution in [-0.4, -0.2) is 71.2 Å². The molecule has 0 spiro atoms. The number of fused-ring (bicyclic) bond motifs is 1. The van der Waals surface area contributed by atoms with Crippen molar-refractivity contribution in [3.8, 4) is 11.5 Å². The summed E-state index contributed by atoms with van der Waals surface area (Å²) in [6.07, 6.45) is 0.670. The molecule has 0 unspecified atom stereocenters. The fourth-order valence-electron chi connectivity index (χ4n) is 6.05. The molecule has 36 heavy (non-hydrogen) atoms. The Morgan fingerprint density at radius 1 is 1.14 bits per heavy atom. The van der Waals surface area contributed by atoms with Gasteiger partial charge in [-0.05, 0) is 43.7 Å². The van der Waals surface area contributed by atoms with Crippen LogP contribution < -0.4 is 10.6 Å². The first-order chi connectivity index (χ1) is 17.3. The van der Waals surface area contributed by atoms with Gasteiger partial charge in [0.05, 0.1) is 19.3 Å². The van der Waals surface area contributed by atoms with Crippen molar-refractivity contribution in [2.75, 3.05) is 31.5 Å². The van der Waals surface area contributed by atoms with Gasteiger partial charge in [-0.2, -0.15) is 0 Å². The molecule has 1 amide bonds. The van der Waals surface area contributed by atoms with Gasteiger partial charge in [0.25, 0.3) is 0 Å². The van der Waals surface area contributed by atoms with E-state index in [1.165, 1.54) is 6.07 Å². The zero-order chi connectivity index (χ0) is 25.9. The molecule has 3 atom stereocenters. The average Bonchev–Trinajstić information content (AvgIpc) is 2.85. The maximum Gasteiger partial charge on any atom is 0.513 e. The second-order valence-corrected chi connectivity index (χ2v) is 10.1. The number of alkyl halides is 2. The van der Waals surface area contributed by atoms with Crippen LogP contribution in [0.3, 0.4) is 0 Å². The second-order valence-electron chi connectivity index (χ2n) is 9.31. The maximum absolute atomic E-state index is 13.0. The number of benzene rings is 1. The lowest BCUT2D eigenvalue weighted by Gasteiger charge is -2.63. The van der Waals surface area contributed by atoms with Crippen LogP contribution in [-0.2, 0) is 30.9 Å². The Labute approximate surface area is 218 Å². The van der Waals surface area contributed by atoms with Gasteiger partial charge in [0, 0.05) is 42.1 Å². The van der Waals surface area contributed by atoms with Crippen LogP contribution in [0.5, 0.6) is 11.5 Å². The number of phenolic OH excluding ortho intramolecular Hbond substituents is 1. The molecule has 4 rings (SSSR count). The Kier molecular flexibility index (Phi) is 8.18. The molecule has 2 aliphatic carbocycles. The van der Waals surface area contributed by atoms with Crippen molar-refractivity contribution in [3.63, 3.8) is 0 Å². The summed E-state index contributed by atoms with van der Waals surface area (Å²) in [6.45, 7) is 0.535. The highest BCUT2D eigenvalue weighted by Crippen LogP contribution is 2.61. The predicted octanol–water partition coefficient (Wildman–Crippen LogP) is 3.55. The highest BCUT2D eigenvalue weighted by Gasteiger charge is 2.68.